The minimum Gasteiger partial charge on any atom is -0.437 e. The fourth-order valence-corrected chi connectivity index (χ4v) is 2.10. The maximum absolute atomic E-state index is 13.1. The summed E-state index contributed by atoms with van der Waals surface area (Å²) in [4.78, 5) is 4.48. The van der Waals surface area contributed by atoms with E-state index < -0.39 is 5.82 Å². The van der Waals surface area contributed by atoms with E-state index in [1.54, 1.807) is 6.07 Å². The predicted octanol–water partition coefficient (Wildman–Crippen LogP) is 5.70. The molecule has 0 fully saturated rings. The SMILES string of the molecule is CC(C)(C)c1cc(CCl)cc(Oc2ccc(F)cc2Cl)n1. The Labute approximate surface area is 133 Å². The van der Waals surface area contributed by atoms with Crippen molar-refractivity contribution in [2.45, 2.75) is 32.1 Å². The van der Waals surface area contributed by atoms with Gasteiger partial charge in [0, 0.05) is 17.4 Å². The summed E-state index contributed by atoms with van der Waals surface area (Å²) in [6.07, 6.45) is 0. The molecular formula is C16H16Cl2FNO. The highest BCUT2D eigenvalue weighted by molar-refractivity contribution is 6.32. The number of ether oxygens (including phenoxy) is 1. The molecule has 0 saturated carbocycles. The van der Waals surface area contributed by atoms with E-state index in [1.807, 2.05) is 6.07 Å². The number of rotatable bonds is 3. The molecule has 0 unspecified atom stereocenters. The van der Waals surface area contributed by atoms with Gasteiger partial charge in [0.25, 0.3) is 0 Å². The van der Waals surface area contributed by atoms with Crippen molar-refractivity contribution < 1.29 is 9.13 Å². The molecule has 5 heteroatoms. The highest BCUT2D eigenvalue weighted by atomic mass is 35.5. The van der Waals surface area contributed by atoms with Gasteiger partial charge in [-0.15, -0.1) is 11.6 Å². The van der Waals surface area contributed by atoms with Crippen molar-refractivity contribution >= 4 is 23.2 Å². The molecule has 112 valence electrons. The van der Waals surface area contributed by atoms with Crippen LogP contribution >= 0.6 is 23.2 Å². The number of hydrogen-bond acceptors (Lipinski definition) is 2. The molecule has 2 aromatic rings. The molecule has 0 saturated heterocycles. The van der Waals surface area contributed by atoms with Crippen molar-refractivity contribution in [2.75, 3.05) is 0 Å². The number of halogens is 3. The monoisotopic (exact) mass is 327 g/mol. The average molecular weight is 328 g/mol. The van der Waals surface area contributed by atoms with Gasteiger partial charge in [-0.3, -0.25) is 0 Å². The topological polar surface area (TPSA) is 22.1 Å². The molecule has 0 aliphatic heterocycles. The van der Waals surface area contributed by atoms with Crippen LogP contribution in [0.3, 0.4) is 0 Å². The van der Waals surface area contributed by atoms with Crippen LogP contribution in [0.25, 0.3) is 0 Å². The van der Waals surface area contributed by atoms with E-state index in [9.17, 15) is 4.39 Å². The third-order valence-corrected chi connectivity index (χ3v) is 3.50. The fourth-order valence-electron chi connectivity index (χ4n) is 1.74. The summed E-state index contributed by atoms with van der Waals surface area (Å²) in [5.74, 6) is 0.702. The predicted molar refractivity (Wildman–Crippen MR) is 84.0 cm³/mol. The van der Waals surface area contributed by atoms with E-state index in [0.29, 0.717) is 17.5 Å². The normalized spacial score (nSPS) is 11.5. The van der Waals surface area contributed by atoms with Crippen molar-refractivity contribution in [1.29, 1.82) is 0 Å². The lowest BCUT2D eigenvalue weighted by atomic mass is 9.91. The van der Waals surface area contributed by atoms with Crippen LogP contribution in [0.15, 0.2) is 30.3 Å². The van der Waals surface area contributed by atoms with Gasteiger partial charge in [0.1, 0.15) is 11.6 Å². The van der Waals surface area contributed by atoms with E-state index in [-0.39, 0.29) is 10.4 Å². The largest absolute Gasteiger partial charge is 0.437 e. The Morgan fingerprint density at radius 2 is 1.90 bits per heavy atom. The molecule has 21 heavy (non-hydrogen) atoms. The lowest BCUT2D eigenvalue weighted by molar-refractivity contribution is 0.450. The molecule has 2 rings (SSSR count). The third-order valence-electron chi connectivity index (χ3n) is 2.89. The first kappa shape index (κ1) is 16.1. The highest BCUT2D eigenvalue weighted by Gasteiger charge is 2.18. The second-order valence-corrected chi connectivity index (χ2v) is 6.43. The van der Waals surface area contributed by atoms with Gasteiger partial charge in [0.15, 0.2) is 0 Å². The van der Waals surface area contributed by atoms with Gasteiger partial charge in [-0.1, -0.05) is 32.4 Å². The Morgan fingerprint density at radius 1 is 1.19 bits per heavy atom. The summed E-state index contributed by atoms with van der Waals surface area (Å²) in [5.41, 5.74) is 1.64. The van der Waals surface area contributed by atoms with Gasteiger partial charge < -0.3 is 4.74 Å². The quantitative estimate of drug-likeness (QED) is 0.674. The zero-order chi connectivity index (χ0) is 15.6. The van der Waals surface area contributed by atoms with E-state index in [1.165, 1.54) is 18.2 Å². The maximum Gasteiger partial charge on any atom is 0.219 e. The van der Waals surface area contributed by atoms with Crippen LogP contribution in [0.5, 0.6) is 11.6 Å². The summed E-state index contributed by atoms with van der Waals surface area (Å²) in [6, 6.07) is 7.67. The molecule has 0 aliphatic rings. The molecular weight excluding hydrogens is 312 g/mol. The molecule has 0 bridgehead atoms. The zero-order valence-corrected chi connectivity index (χ0v) is 13.6. The number of aromatic nitrogens is 1. The summed E-state index contributed by atoms with van der Waals surface area (Å²) >= 11 is 11.9. The van der Waals surface area contributed by atoms with Crippen molar-refractivity contribution in [1.82, 2.24) is 4.98 Å². The number of hydrogen-bond donors (Lipinski definition) is 0. The van der Waals surface area contributed by atoms with E-state index in [0.717, 1.165) is 11.3 Å². The van der Waals surface area contributed by atoms with Crippen LogP contribution < -0.4 is 4.74 Å². The van der Waals surface area contributed by atoms with Gasteiger partial charge in [-0.25, -0.2) is 9.37 Å². The van der Waals surface area contributed by atoms with Gasteiger partial charge in [0.2, 0.25) is 5.88 Å². The first-order valence-electron chi connectivity index (χ1n) is 6.50. The molecule has 0 spiro atoms. The Balaban J connectivity index is 2.39. The second kappa shape index (κ2) is 6.20. The van der Waals surface area contributed by atoms with Crippen LogP contribution in [0.2, 0.25) is 5.02 Å². The van der Waals surface area contributed by atoms with Crippen LogP contribution in [0, 0.1) is 5.82 Å². The van der Waals surface area contributed by atoms with Crippen LogP contribution in [0.1, 0.15) is 32.0 Å². The van der Waals surface area contributed by atoms with E-state index in [4.69, 9.17) is 27.9 Å². The number of benzene rings is 1. The van der Waals surface area contributed by atoms with E-state index >= 15 is 0 Å². The Morgan fingerprint density at radius 3 is 2.48 bits per heavy atom. The van der Waals surface area contributed by atoms with Gasteiger partial charge in [-0.05, 0) is 29.8 Å². The molecule has 0 atom stereocenters. The maximum atomic E-state index is 13.1. The second-order valence-electron chi connectivity index (χ2n) is 5.76. The first-order chi connectivity index (χ1) is 9.79. The van der Waals surface area contributed by atoms with Gasteiger partial charge in [0.05, 0.1) is 10.7 Å². The molecule has 2 nitrogen and oxygen atoms in total. The van der Waals surface area contributed by atoms with Crippen molar-refractivity contribution in [2.24, 2.45) is 0 Å². The standard InChI is InChI=1S/C16H16Cl2FNO/c1-16(2,3)14-6-10(9-17)7-15(20-14)21-13-5-4-11(19)8-12(13)18/h4-8H,9H2,1-3H3. The molecule has 1 aromatic carbocycles. The minimum absolute atomic E-state index is 0.132. The molecule has 1 aromatic heterocycles. The molecule has 0 radical (unpaired) electrons. The van der Waals surface area contributed by atoms with Crippen molar-refractivity contribution in [3.05, 3.63) is 52.4 Å². The lowest BCUT2D eigenvalue weighted by Crippen LogP contribution is -2.14. The Bertz CT molecular complexity index is 653. The molecule has 1 heterocycles. The fraction of sp³-hybridized carbons (Fsp3) is 0.312. The van der Waals surface area contributed by atoms with Crippen molar-refractivity contribution in [3.63, 3.8) is 0 Å². The van der Waals surface area contributed by atoms with Crippen molar-refractivity contribution in [3.8, 4) is 11.6 Å². The average Bonchev–Trinajstić information content (AvgIpc) is 2.40. The summed E-state index contributed by atoms with van der Waals surface area (Å²) in [5, 5.41) is 0.199. The Kier molecular flexibility index (Phi) is 4.74. The first-order valence-corrected chi connectivity index (χ1v) is 7.41. The van der Waals surface area contributed by atoms with Gasteiger partial charge >= 0.3 is 0 Å². The smallest absolute Gasteiger partial charge is 0.219 e. The minimum atomic E-state index is -0.412. The molecule has 0 N–H and O–H groups in total. The lowest BCUT2D eigenvalue weighted by Gasteiger charge is -2.19. The summed E-state index contributed by atoms with van der Waals surface area (Å²) in [7, 11) is 0. The highest BCUT2D eigenvalue weighted by Crippen LogP contribution is 2.31. The third kappa shape index (κ3) is 4.08. The molecule has 0 aliphatic carbocycles. The van der Waals surface area contributed by atoms with Crippen LogP contribution in [-0.2, 0) is 11.3 Å². The summed E-state index contributed by atoms with van der Waals surface area (Å²) < 4.78 is 18.7. The number of pyridine rings is 1. The zero-order valence-electron chi connectivity index (χ0n) is 12.1. The Hall–Kier alpha value is -1.32. The molecule has 0 amide bonds. The number of nitrogens with zero attached hydrogens (tertiary/aromatic N) is 1. The number of alkyl halides is 1. The van der Waals surface area contributed by atoms with Crippen LogP contribution in [0.4, 0.5) is 4.39 Å². The van der Waals surface area contributed by atoms with E-state index in [2.05, 4.69) is 25.8 Å². The summed E-state index contributed by atoms with van der Waals surface area (Å²) in [6.45, 7) is 6.17. The van der Waals surface area contributed by atoms with Gasteiger partial charge in [-0.2, -0.15) is 0 Å². The van der Waals surface area contributed by atoms with Crippen LogP contribution in [-0.4, -0.2) is 4.98 Å².